The van der Waals surface area contributed by atoms with E-state index in [0.29, 0.717) is 30.0 Å². The number of nitrogens with zero attached hydrogens (tertiary/aromatic N) is 2. The first kappa shape index (κ1) is 13.8. The van der Waals surface area contributed by atoms with E-state index < -0.39 is 0 Å². The van der Waals surface area contributed by atoms with Gasteiger partial charge in [-0.1, -0.05) is 0 Å². The topological polar surface area (TPSA) is 90.9 Å². The fourth-order valence-electron chi connectivity index (χ4n) is 2.55. The number of rotatable bonds is 3. The third-order valence-electron chi connectivity index (χ3n) is 3.70. The average Bonchev–Trinajstić information content (AvgIpc) is 2.90. The van der Waals surface area contributed by atoms with E-state index in [-0.39, 0.29) is 18.1 Å². The number of nitrogen functional groups attached to an aromatic ring is 1. The van der Waals surface area contributed by atoms with Crippen LogP contribution in [-0.4, -0.2) is 48.0 Å². The lowest BCUT2D eigenvalue weighted by Crippen LogP contribution is -2.50. The van der Waals surface area contributed by atoms with Crippen LogP contribution in [0.4, 0.5) is 5.69 Å². The number of pyridine rings is 1. The maximum Gasteiger partial charge on any atom is 0.255 e. The van der Waals surface area contributed by atoms with E-state index in [9.17, 15) is 4.79 Å². The summed E-state index contributed by atoms with van der Waals surface area (Å²) >= 11 is 0. The van der Waals surface area contributed by atoms with Crippen molar-refractivity contribution in [3.63, 3.8) is 0 Å². The molecule has 21 heavy (non-hydrogen) atoms. The van der Waals surface area contributed by atoms with Crippen molar-refractivity contribution >= 4 is 17.1 Å². The first-order valence-corrected chi connectivity index (χ1v) is 6.83. The fourth-order valence-corrected chi connectivity index (χ4v) is 2.55. The minimum absolute atomic E-state index is 0.0328. The molecule has 3 N–H and O–H groups in total. The summed E-state index contributed by atoms with van der Waals surface area (Å²) in [7, 11) is 1.64. The Labute approximate surface area is 122 Å². The zero-order valence-electron chi connectivity index (χ0n) is 11.8. The molecule has 0 aliphatic carbocycles. The third kappa shape index (κ3) is 2.70. The highest BCUT2D eigenvalue weighted by Gasteiger charge is 2.28. The van der Waals surface area contributed by atoms with E-state index >= 15 is 0 Å². The van der Waals surface area contributed by atoms with Gasteiger partial charge in [0.25, 0.3) is 5.91 Å². The molecule has 1 amide bonds. The van der Waals surface area contributed by atoms with Crippen LogP contribution >= 0.6 is 0 Å². The van der Waals surface area contributed by atoms with Gasteiger partial charge in [0.1, 0.15) is 0 Å². The van der Waals surface area contributed by atoms with Crippen molar-refractivity contribution in [2.75, 3.05) is 26.1 Å². The second kappa shape index (κ2) is 5.71. The van der Waals surface area contributed by atoms with Gasteiger partial charge in [0.2, 0.25) is 0 Å². The van der Waals surface area contributed by atoms with E-state index in [1.54, 1.807) is 30.0 Å². The smallest absolute Gasteiger partial charge is 0.255 e. The van der Waals surface area contributed by atoms with Crippen molar-refractivity contribution in [3.8, 4) is 0 Å². The minimum Gasteiger partial charge on any atom is -0.399 e. The van der Waals surface area contributed by atoms with E-state index in [2.05, 4.69) is 10.4 Å². The number of amides is 1. The third-order valence-corrected chi connectivity index (χ3v) is 3.70. The van der Waals surface area contributed by atoms with Crippen molar-refractivity contribution in [2.24, 2.45) is 0 Å². The number of nitrogens with one attached hydrogen (secondary N) is 1. The number of carbonyl (C=O) groups excluding carboxylic acids is 1. The van der Waals surface area contributed by atoms with Crippen LogP contribution in [0.1, 0.15) is 16.8 Å². The van der Waals surface area contributed by atoms with Crippen molar-refractivity contribution in [1.29, 1.82) is 0 Å². The van der Waals surface area contributed by atoms with Crippen molar-refractivity contribution in [2.45, 2.75) is 18.6 Å². The number of anilines is 1. The number of aromatic nitrogens is 2. The van der Waals surface area contributed by atoms with E-state index in [4.69, 9.17) is 15.2 Å². The zero-order chi connectivity index (χ0) is 14.8. The number of hydrogen-bond donors (Lipinski definition) is 2. The van der Waals surface area contributed by atoms with Crippen LogP contribution in [0.2, 0.25) is 0 Å². The second-order valence-corrected chi connectivity index (χ2v) is 5.07. The summed E-state index contributed by atoms with van der Waals surface area (Å²) in [5.74, 6) is -0.201. The average molecular weight is 290 g/mol. The molecule has 0 saturated carbocycles. The molecule has 112 valence electrons. The normalized spacial score (nSPS) is 22.3. The molecule has 2 aromatic rings. The predicted molar refractivity (Wildman–Crippen MR) is 77.1 cm³/mol. The lowest BCUT2D eigenvalue weighted by Gasteiger charge is -2.30. The van der Waals surface area contributed by atoms with Crippen molar-refractivity contribution in [3.05, 3.63) is 30.1 Å². The molecule has 0 aromatic carbocycles. The summed E-state index contributed by atoms with van der Waals surface area (Å²) in [6.07, 6.45) is 4.00. The van der Waals surface area contributed by atoms with Crippen LogP contribution in [0.25, 0.3) is 5.52 Å². The monoisotopic (exact) mass is 290 g/mol. The van der Waals surface area contributed by atoms with Crippen molar-refractivity contribution < 1.29 is 14.3 Å². The quantitative estimate of drug-likeness (QED) is 0.856. The maximum absolute atomic E-state index is 12.4. The lowest BCUT2D eigenvalue weighted by atomic mass is 10.1. The van der Waals surface area contributed by atoms with E-state index in [1.165, 1.54) is 6.20 Å². The Hall–Kier alpha value is -2.12. The summed E-state index contributed by atoms with van der Waals surface area (Å²) in [5, 5.41) is 7.10. The Bertz CT molecular complexity index is 655. The molecule has 0 spiro atoms. The number of carbonyl (C=O) groups is 1. The van der Waals surface area contributed by atoms with Gasteiger partial charge in [-0.15, -0.1) is 0 Å². The van der Waals surface area contributed by atoms with Gasteiger partial charge in [-0.05, 0) is 18.6 Å². The largest absolute Gasteiger partial charge is 0.399 e. The highest BCUT2D eigenvalue weighted by molar-refractivity contribution is 6.01. The first-order valence-electron chi connectivity index (χ1n) is 6.83. The molecular weight excluding hydrogens is 272 g/mol. The highest BCUT2D eigenvalue weighted by atomic mass is 16.5. The van der Waals surface area contributed by atoms with Gasteiger partial charge in [0, 0.05) is 25.6 Å². The number of fused-ring (bicyclic) bond motifs is 1. The molecule has 1 aliphatic heterocycles. The Morgan fingerprint density at radius 1 is 1.62 bits per heavy atom. The number of nitrogens with two attached hydrogens (primary N) is 1. The molecular formula is C14H18N4O3. The molecule has 0 unspecified atom stereocenters. The van der Waals surface area contributed by atoms with Gasteiger partial charge in [-0.3, -0.25) is 4.79 Å². The molecule has 0 bridgehead atoms. The molecule has 2 atom stereocenters. The van der Waals surface area contributed by atoms with E-state index in [0.717, 1.165) is 6.42 Å². The predicted octanol–water partition coefficient (Wildman–Crippen LogP) is 0.450. The summed E-state index contributed by atoms with van der Waals surface area (Å²) in [5.41, 5.74) is 7.53. The minimum atomic E-state index is -0.201. The zero-order valence-corrected chi connectivity index (χ0v) is 11.8. The van der Waals surface area contributed by atoms with Crippen LogP contribution < -0.4 is 11.1 Å². The molecule has 1 fully saturated rings. The SMILES string of the molecule is CO[C@@H]1CCOC[C@H]1NC(=O)c1cnn2ccc(N)cc12. The van der Waals surface area contributed by atoms with Crippen LogP contribution in [0.3, 0.4) is 0 Å². The number of hydrogen-bond acceptors (Lipinski definition) is 5. The second-order valence-electron chi connectivity index (χ2n) is 5.07. The molecule has 3 rings (SSSR count). The summed E-state index contributed by atoms with van der Waals surface area (Å²) < 4.78 is 12.4. The standard InChI is InChI=1S/C14H18N4O3/c1-20-13-3-5-21-8-11(13)17-14(19)10-7-16-18-4-2-9(15)6-12(10)18/h2,4,6-7,11,13H,3,5,8,15H2,1H3,(H,17,19)/t11-,13-/m1/s1. The Kier molecular flexibility index (Phi) is 3.76. The fraction of sp³-hybridized carbons (Fsp3) is 0.429. The Morgan fingerprint density at radius 2 is 2.48 bits per heavy atom. The maximum atomic E-state index is 12.4. The summed E-state index contributed by atoms with van der Waals surface area (Å²) in [6.45, 7) is 1.10. The van der Waals surface area contributed by atoms with Crippen molar-refractivity contribution in [1.82, 2.24) is 14.9 Å². The van der Waals surface area contributed by atoms with Crippen LogP contribution in [0, 0.1) is 0 Å². The molecule has 7 nitrogen and oxygen atoms in total. The van der Waals surface area contributed by atoms with Gasteiger partial charge in [-0.2, -0.15) is 5.10 Å². The molecule has 7 heteroatoms. The Balaban J connectivity index is 1.82. The van der Waals surface area contributed by atoms with Crippen LogP contribution in [-0.2, 0) is 9.47 Å². The number of methoxy groups -OCH3 is 1. The molecule has 0 radical (unpaired) electrons. The van der Waals surface area contributed by atoms with Crippen LogP contribution in [0.15, 0.2) is 24.5 Å². The van der Waals surface area contributed by atoms with Gasteiger partial charge in [0.05, 0.1) is 36.0 Å². The molecule has 3 heterocycles. The summed E-state index contributed by atoms with van der Waals surface area (Å²) in [6, 6.07) is 3.30. The summed E-state index contributed by atoms with van der Waals surface area (Å²) in [4.78, 5) is 12.4. The van der Waals surface area contributed by atoms with Gasteiger partial charge in [0.15, 0.2) is 0 Å². The van der Waals surface area contributed by atoms with E-state index in [1.807, 2.05) is 0 Å². The molecule has 1 saturated heterocycles. The number of ether oxygens (including phenoxy) is 2. The lowest BCUT2D eigenvalue weighted by molar-refractivity contribution is -0.0349. The highest BCUT2D eigenvalue weighted by Crippen LogP contribution is 2.16. The van der Waals surface area contributed by atoms with Gasteiger partial charge >= 0.3 is 0 Å². The van der Waals surface area contributed by atoms with Crippen LogP contribution in [0.5, 0.6) is 0 Å². The first-order chi connectivity index (χ1) is 10.2. The van der Waals surface area contributed by atoms with Gasteiger partial charge in [-0.25, -0.2) is 4.52 Å². The Morgan fingerprint density at radius 3 is 3.29 bits per heavy atom. The molecule has 1 aliphatic rings. The molecule has 2 aromatic heterocycles. The van der Waals surface area contributed by atoms with Gasteiger partial charge < -0.3 is 20.5 Å².